The maximum atomic E-state index is 13.8. The number of hydrazine groups is 1. The molecule has 5 nitrogen and oxygen atoms in total. The number of amides is 1. The van der Waals surface area contributed by atoms with Crippen LogP contribution in [0, 0.1) is 17.8 Å². The molecule has 3 aliphatic carbocycles. The zero-order valence-corrected chi connectivity index (χ0v) is 26.2. The van der Waals surface area contributed by atoms with E-state index in [4.69, 9.17) is 0 Å². The fourth-order valence-electron chi connectivity index (χ4n) is 10.1. The van der Waals surface area contributed by atoms with Crippen LogP contribution in [0.25, 0.3) is 0 Å². The van der Waals surface area contributed by atoms with E-state index in [2.05, 4.69) is 59.2 Å². The topological polar surface area (TPSA) is 56.4 Å². The molecule has 6 rings (SSSR count). The molecule has 3 saturated carbocycles. The predicted octanol–water partition coefficient (Wildman–Crippen LogP) is 7.96. The Hall–Kier alpha value is -1.59. The number of benzene rings is 1. The van der Waals surface area contributed by atoms with E-state index in [0.717, 1.165) is 18.9 Å². The van der Waals surface area contributed by atoms with Gasteiger partial charge in [0.2, 0.25) is 5.91 Å². The fourth-order valence-corrected chi connectivity index (χ4v) is 10.1. The molecule has 5 atom stereocenters. The maximum Gasteiger partial charge on any atom is 0.237 e. The molecule has 2 saturated heterocycles. The number of fused-ring (bicyclic) bond motifs is 1. The highest BCUT2D eigenvalue weighted by molar-refractivity contribution is 5.82. The van der Waals surface area contributed by atoms with Gasteiger partial charge in [0.05, 0.1) is 23.3 Å². The molecule has 0 aromatic heterocycles. The zero-order valence-electron chi connectivity index (χ0n) is 26.2. The quantitative estimate of drug-likeness (QED) is 0.341. The number of rotatable bonds is 5. The highest BCUT2D eigenvalue weighted by Gasteiger charge is 2.56. The Labute approximate surface area is 250 Å². The monoisotopic (exact) mass is 562 g/mol. The molecule has 1 aromatic carbocycles. The minimum absolute atomic E-state index is 0.0117. The Morgan fingerprint density at radius 2 is 1.46 bits per heavy atom. The zero-order chi connectivity index (χ0) is 28.3. The first-order valence-electron chi connectivity index (χ1n) is 17.7. The number of hydrogen-bond acceptors (Lipinski definition) is 4. The van der Waals surface area contributed by atoms with Gasteiger partial charge in [-0.2, -0.15) is 0 Å². The molecule has 5 fully saturated rings. The van der Waals surface area contributed by atoms with Gasteiger partial charge in [-0.1, -0.05) is 89.7 Å². The van der Waals surface area contributed by atoms with E-state index in [0.29, 0.717) is 11.8 Å². The summed E-state index contributed by atoms with van der Waals surface area (Å²) in [7, 11) is 0. The van der Waals surface area contributed by atoms with Gasteiger partial charge in [0.1, 0.15) is 0 Å². The summed E-state index contributed by atoms with van der Waals surface area (Å²) >= 11 is 0. The largest absolute Gasteiger partial charge is 0.348 e. The summed E-state index contributed by atoms with van der Waals surface area (Å²) in [5.41, 5.74) is 6.64. The summed E-state index contributed by atoms with van der Waals surface area (Å²) in [6.07, 6.45) is 25.2. The number of hydrogen-bond donors (Lipinski definition) is 3. The third-order valence-electron chi connectivity index (χ3n) is 12.4. The first-order chi connectivity index (χ1) is 20.0. The van der Waals surface area contributed by atoms with Gasteiger partial charge in [-0.05, 0) is 93.7 Å². The fraction of sp³-hybridized carbons (Fsp3) is 0.806. The first kappa shape index (κ1) is 29.5. The molecule has 41 heavy (non-hydrogen) atoms. The molecule has 1 amide bonds. The van der Waals surface area contributed by atoms with E-state index in [1.807, 2.05) is 0 Å². The van der Waals surface area contributed by atoms with Crippen LogP contribution >= 0.6 is 0 Å². The Morgan fingerprint density at radius 3 is 2.17 bits per heavy atom. The molecule has 0 bridgehead atoms. The van der Waals surface area contributed by atoms with Crippen LogP contribution in [-0.4, -0.2) is 29.6 Å². The summed E-state index contributed by atoms with van der Waals surface area (Å²) in [4.78, 5) is 13.8. The number of carbonyl (C=O) groups excluding carboxylic acids is 1. The lowest BCUT2D eigenvalue weighted by molar-refractivity contribution is -0.123. The van der Waals surface area contributed by atoms with Crippen molar-refractivity contribution in [2.75, 3.05) is 11.6 Å². The lowest BCUT2D eigenvalue weighted by Crippen LogP contribution is -2.60. The summed E-state index contributed by atoms with van der Waals surface area (Å²) in [6.45, 7) is 5.72. The van der Waals surface area contributed by atoms with Crippen molar-refractivity contribution in [2.24, 2.45) is 17.8 Å². The number of anilines is 1. The SMILES string of the molecule is CC(NC(=O)C1CC2CCCC(C)C2(C2CCCCCCC2)N1)c1ccc(N2NCCC23CCCCCCC3)cc1. The molecule has 5 heteroatoms. The second-order valence-corrected chi connectivity index (χ2v) is 14.7. The van der Waals surface area contributed by atoms with Crippen LogP contribution in [0.5, 0.6) is 0 Å². The van der Waals surface area contributed by atoms with Crippen LogP contribution in [-0.2, 0) is 4.79 Å². The van der Waals surface area contributed by atoms with Gasteiger partial charge in [0.15, 0.2) is 0 Å². The number of nitrogens with one attached hydrogen (secondary N) is 3. The summed E-state index contributed by atoms with van der Waals surface area (Å²) in [6, 6.07) is 9.01. The van der Waals surface area contributed by atoms with Gasteiger partial charge in [-0.3, -0.25) is 10.1 Å². The van der Waals surface area contributed by atoms with E-state index in [-0.39, 0.29) is 29.1 Å². The lowest BCUT2D eigenvalue weighted by atomic mass is 9.59. The second-order valence-electron chi connectivity index (χ2n) is 14.7. The standard InChI is InChI=1S/C36H58N4O/c1-27-14-13-17-31-26-33(39-36(27,31)30-15-9-5-3-6-10-16-30)34(41)38-28(2)29-18-20-32(21-19-29)40-35(24-25-37-40)22-11-7-4-8-12-23-35/h18-21,27-28,30-31,33,37,39H,3-17,22-26H2,1-2H3,(H,38,41). The van der Waals surface area contributed by atoms with E-state index in [1.54, 1.807) is 0 Å². The Balaban J connectivity index is 1.11. The first-order valence-corrected chi connectivity index (χ1v) is 17.7. The van der Waals surface area contributed by atoms with Crippen LogP contribution in [0.3, 0.4) is 0 Å². The van der Waals surface area contributed by atoms with Gasteiger partial charge in [-0.15, -0.1) is 0 Å². The normalized spacial score (nSPS) is 33.8. The van der Waals surface area contributed by atoms with Crippen molar-refractivity contribution in [1.82, 2.24) is 16.1 Å². The maximum absolute atomic E-state index is 13.8. The van der Waals surface area contributed by atoms with Crippen LogP contribution in [0.4, 0.5) is 5.69 Å². The van der Waals surface area contributed by atoms with Crippen LogP contribution in [0.1, 0.15) is 147 Å². The summed E-state index contributed by atoms with van der Waals surface area (Å²) in [5.74, 6) is 2.25. The molecule has 5 aliphatic rings. The van der Waals surface area contributed by atoms with Crippen molar-refractivity contribution in [3.05, 3.63) is 29.8 Å². The highest BCUT2D eigenvalue weighted by Crippen LogP contribution is 2.52. The van der Waals surface area contributed by atoms with Gasteiger partial charge in [0, 0.05) is 12.1 Å². The smallest absolute Gasteiger partial charge is 0.237 e. The van der Waals surface area contributed by atoms with Gasteiger partial charge >= 0.3 is 0 Å². The highest BCUT2D eigenvalue weighted by atomic mass is 16.2. The van der Waals surface area contributed by atoms with Gasteiger partial charge in [-0.25, -0.2) is 5.43 Å². The molecule has 1 aromatic rings. The van der Waals surface area contributed by atoms with Crippen molar-refractivity contribution in [3.63, 3.8) is 0 Å². The molecule has 228 valence electrons. The minimum Gasteiger partial charge on any atom is -0.348 e. The molecule has 3 N–H and O–H groups in total. The second kappa shape index (κ2) is 13.0. The number of carbonyl (C=O) groups is 1. The molecular weight excluding hydrogens is 504 g/mol. The van der Waals surface area contributed by atoms with E-state index < -0.39 is 0 Å². The third-order valence-corrected chi connectivity index (χ3v) is 12.4. The Morgan fingerprint density at radius 1 is 0.829 bits per heavy atom. The summed E-state index contributed by atoms with van der Waals surface area (Å²) < 4.78 is 0. The van der Waals surface area contributed by atoms with Crippen molar-refractivity contribution < 1.29 is 4.79 Å². The molecule has 5 unspecified atom stereocenters. The average molecular weight is 563 g/mol. The molecule has 0 radical (unpaired) electrons. The van der Waals surface area contributed by atoms with Crippen molar-refractivity contribution in [2.45, 2.75) is 159 Å². The molecular formula is C36H58N4O. The van der Waals surface area contributed by atoms with Crippen molar-refractivity contribution in [1.29, 1.82) is 0 Å². The Kier molecular flexibility index (Phi) is 9.32. The third kappa shape index (κ3) is 5.96. The molecule has 2 heterocycles. The van der Waals surface area contributed by atoms with E-state index >= 15 is 0 Å². The number of nitrogens with zero attached hydrogens (tertiary/aromatic N) is 1. The molecule has 1 spiro atoms. The lowest BCUT2D eigenvalue weighted by Gasteiger charge is -2.51. The Bertz CT molecular complexity index is 993. The van der Waals surface area contributed by atoms with Crippen LogP contribution in [0.2, 0.25) is 0 Å². The van der Waals surface area contributed by atoms with E-state index in [1.165, 1.54) is 127 Å². The minimum atomic E-state index is -0.0549. The van der Waals surface area contributed by atoms with Crippen LogP contribution < -0.4 is 21.1 Å². The van der Waals surface area contributed by atoms with Gasteiger partial charge in [0.25, 0.3) is 0 Å². The average Bonchev–Trinajstić information content (AvgIpc) is 3.55. The predicted molar refractivity (Wildman–Crippen MR) is 170 cm³/mol. The summed E-state index contributed by atoms with van der Waals surface area (Å²) in [5, 5.41) is 10.0. The van der Waals surface area contributed by atoms with Crippen LogP contribution in [0.15, 0.2) is 24.3 Å². The van der Waals surface area contributed by atoms with Crippen molar-refractivity contribution >= 4 is 11.6 Å². The molecule has 2 aliphatic heterocycles. The van der Waals surface area contributed by atoms with E-state index in [9.17, 15) is 4.79 Å². The van der Waals surface area contributed by atoms with Crippen molar-refractivity contribution in [3.8, 4) is 0 Å². The van der Waals surface area contributed by atoms with Gasteiger partial charge < -0.3 is 10.3 Å².